The average Bonchev–Trinajstić information content (AvgIpc) is 2.80. The molecule has 1 rings (SSSR count). The molecule has 0 aliphatic carbocycles. The number of aryl methyl sites for hydroxylation is 1. The molecule has 1 aromatic heterocycles. The zero-order valence-electron chi connectivity index (χ0n) is 10.7. The van der Waals surface area contributed by atoms with Gasteiger partial charge in [-0.2, -0.15) is 18.3 Å². The fourth-order valence-corrected chi connectivity index (χ4v) is 2.46. The summed E-state index contributed by atoms with van der Waals surface area (Å²) in [6.07, 6.45) is -2.47. The SMILES string of the molecule is NCCCn1cc(S(=O)(=O)NCCCC(F)(F)F)cn1. The normalized spacial score (nSPS) is 12.8. The van der Waals surface area contributed by atoms with Crippen LogP contribution in [0.1, 0.15) is 19.3 Å². The molecule has 0 saturated heterocycles. The quantitative estimate of drug-likeness (QED) is 0.696. The molecular weight excluding hydrogens is 297 g/mol. The first-order valence-corrected chi connectivity index (χ1v) is 7.52. The minimum absolute atomic E-state index is 0.0680. The summed E-state index contributed by atoms with van der Waals surface area (Å²) in [7, 11) is -3.81. The van der Waals surface area contributed by atoms with Crippen LogP contribution in [0.15, 0.2) is 17.3 Å². The van der Waals surface area contributed by atoms with Crippen molar-refractivity contribution in [2.75, 3.05) is 13.1 Å². The molecule has 3 N–H and O–H groups in total. The molecule has 0 unspecified atom stereocenters. The number of sulfonamides is 1. The maximum Gasteiger partial charge on any atom is 0.389 e. The van der Waals surface area contributed by atoms with Gasteiger partial charge in [-0.3, -0.25) is 4.68 Å². The molecule has 0 aliphatic heterocycles. The fourth-order valence-electron chi connectivity index (χ4n) is 1.44. The topological polar surface area (TPSA) is 90.0 Å². The number of rotatable bonds is 8. The van der Waals surface area contributed by atoms with Crippen molar-refractivity contribution >= 4 is 10.0 Å². The molecule has 1 aromatic rings. The number of halogens is 3. The van der Waals surface area contributed by atoms with E-state index in [0.717, 1.165) is 6.20 Å². The molecule has 10 heteroatoms. The van der Waals surface area contributed by atoms with Gasteiger partial charge in [0.05, 0.1) is 6.20 Å². The first-order valence-electron chi connectivity index (χ1n) is 6.03. The Kier molecular flexibility index (Phi) is 5.96. The summed E-state index contributed by atoms with van der Waals surface area (Å²) in [5.41, 5.74) is 5.32. The van der Waals surface area contributed by atoms with Gasteiger partial charge >= 0.3 is 6.18 Å². The van der Waals surface area contributed by atoms with Crippen LogP contribution in [-0.4, -0.2) is 37.5 Å². The molecule has 0 fully saturated rings. The summed E-state index contributed by atoms with van der Waals surface area (Å²) in [5.74, 6) is 0. The largest absolute Gasteiger partial charge is 0.389 e. The number of nitrogens with two attached hydrogens (primary N) is 1. The van der Waals surface area contributed by atoms with Crippen LogP contribution in [0, 0.1) is 0 Å². The standard InChI is InChI=1S/C10H17F3N4O2S/c11-10(12,13)3-1-5-16-20(18,19)9-7-15-17(8-9)6-2-4-14/h7-8,16H,1-6,14H2. The highest BCUT2D eigenvalue weighted by Gasteiger charge is 2.26. The van der Waals surface area contributed by atoms with Crippen molar-refractivity contribution in [1.29, 1.82) is 0 Å². The third-order valence-electron chi connectivity index (χ3n) is 2.44. The van der Waals surface area contributed by atoms with Gasteiger partial charge < -0.3 is 5.73 Å². The number of nitrogens with one attached hydrogen (secondary N) is 1. The van der Waals surface area contributed by atoms with Crippen LogP contribution in [0.2, 0.25) is 0 Å². The lowest BCUT2D eigenvalue weighted by Crippen LogP contribution is -2.25. The Balaban J connectivity index is 2.49. The molecule has 0 saturated carbocycles. The molecule has 0 radical (unpaired) electrons. The first kappa shape index (κ1) is 16.9. The van der Waals surface area contributed by atoms with Gasteiger partial charge in [0.2, 0.25) is 10.0 Å². The van der Waals surface area contributed by atoms with Crippen molar-refractivity contribution < 1.29 is 21.6 Å². The Hall–Kier alpha value is -1.13. The van der Waals surface area contributed by atoms with Gasteiger partial charge in [-0.25, -0.2) is 13.1 Å². The van der Waals surface area contributed by atoms with Crippen LogP contribution in [0.25, 0.3) is 0 Å². The zero-order valence-corrected chi connectivity index (χ0v) is 11.5. The minimum atomic E-state index is -4.28. The van der Waals surface area contributed by atoms with E-state index in [1.807, 2.05) is 0 Å². The lowest BCUT2D eigenvalue weighted by molar-refractivity contribution is -0.135. The smallest absolute Gasteiger partial charge is 0.330 e. The molecule has 0 atom stereocenters. The van der Waals surface area contributed by atoms with E-state index in [4.69, 9.17) is 5.73 Å². The Morgan fingerprint density at radius 3 is 2.65 bits per heavy atom. The van der Waals surface area contributed by atoms with Gasteiger partial charge in [-0.1, -0.05) is 0 Å². The van der Waals surface area contributed by atoms with Gasteiger partial charge in [0, 0.05) is 25.7 Å². The van der Waals surface area contributed by atoms with Crippen LogP contribution in [-0.2, 0) is 16.6 Å². The van der Waals surface area contributed by atoms with Crippen molar-refractivity contribution in [3.05, 3.63) is 12.4 Å². The van der Waals surface area contributed by atoms with E-state index in [1.165, 1.54) is 10.9 Å². The molecule has 0 aromatic carbocycles. The number of alkyl halides is 3. The molecule has 116 valence electrons. The van der Waals surface area contributed by atoms with E-state index >= 15 is 0 Å². The van der Waals surface area contributed by atoms with E-state index in [2.05, 4.69) is 9.82 Å². The summed E-state index contributed by atoms with van der Waals surface area (Å²) in [4.78, 5) is -0.0680. The molecule has 0 bridgehead atoms. The highest BCUT2D eigenvalue weighted by molar-refractivity contribution is 7.89. The summed E-state index contributed by atoms with van der Waals surface area (Å²) < 4.78 is 62.8. The summed E-state index contributed by atoms with van der Waals surface area (Å²) in [5, 5.41) is 3.85. The highest BCUT2D eigenvalue weighted by Crippen LogP contribution is 2.20. The fraction of sp³-hybridized carbons (Fsp3) is 0.700. The van der Waals surface area contributed by atoms with Crippen LogP contribution >= 0.6 is 0 Å². The highest BCUT2D eigenvalue weighted by atomic mass is 32.2. The second-order valence-electron chi connectivity index (χ2n) is 4.20. The van der Waals surface area contributed by atoms with Crippen molar-refractivity contribution in [3.63, 3.8) is 0 Å². The van der Waals surface area contributed by atoms with E-state index in [1.54, 1.807) is 0 Å². The van der Waals surface area contributed by atoms with Gasteiger partial charge in [0.15, 0.2) is 0 Å². The number of aromatic nitrogens is 2. The van der Waals surface area contributed by atoms with Gasteiger partial charge in [0.25, 0.3) is 0 Å². The molecule has 20 heavy (non-hydrogen) atoms. The van der Waals surface area contributed by atoms with Gasteiger partial charge in [0.1, 0.15) is 4.90 Å². The summed E-state index contributed by atoms with van der Waals surface area (Å²) in [6.45, 7) is 0.674. The van der Waals surface area contributed by atoms with Gasteiger partial charge in [-0.05, 0) is 19.4 Å². The second-order valence-corrected chi connectivity index (χ2v) is 5.96. The van der Waals surface area contributed by atoms with Gasteiger partial charge in [-0.15, -0.1) is 0 Å². The Bertz CT molecular complexity index is 513. The predicted molar refractivity (Wildman–Crippen MR) is 66.4 cm³/mol. The molecule has 0 amide bonds. The Morgan fingerprint density at radius 1 is 1.35 bits per heavy atom. The van der Waals surface area contributed by atoms with E-state index in [-0.39, 0.29) is 17.9 Å². The third kappa shape index (κ3) is 5.88. The average molecular weight is 314 g/mol. The van der Waals surface area contributed by atoms with Crippen molar-refractivity contribution in [3.8, 4) is 0 Å². The maximum absolute atomic E-state index is 11.9. The Labute approximate surface area is 115 Å². The maximum atomic E-state index is 11.9. The summed E-state index contributed by atoms with van der Waals surface area (Å²) >= 11 is 0. The van der Waals surface area contributed by atoms with Crippen LogP contribution < -0.4 is 10.5 Å². The lowest BCUT2D eigenvalue weighted by atomic mass is 10.3. The van der Waals surface area contributed by atoms with E-state index in [9.17, 15) is 21.6 Å². The van der Waals surface area contributed by atoms with Crippen molar-refractivity contribution in [1.82, 2.24) is 14.5 Å². The predicted octanol–water partition coefficient (Wildman–Crippen LogP) is 0.853. The summed E-state index contributed by atoms with van der Waals surface area (Å²) in [6, 6.07) is 0. The molecule has 1 heterocycles. The Morgan fingerprint density at radius 2 is 2.05 bits per heavy atom. The number of nitrogens with zero attached hydrogens (tertiary/aromatic N) is 2. The minimum Gasteiger partial charge on any atom is -0.330 e. The zero-order chi connectivity index (χ0) is 15.2. The van der Waals surface area contributed by atoms with E-state index < -0.39 is 22.6 Å². The lowest BCUT2D eigenvalue weighted by Gasteiger charge is -2.07. The monoisotopic (exact) mass is 314 g/mol. The molecular formula is C10H17F3N4O2S. The third-order valence-corrected chi connectivity index (χ3v) is 3.86. The van der Waals surface area contributed by atoms with Crippen molar-refractivity contribution in [2.24, 2.45) is 5.73 Å². The number of hydrogen-bond acceptors (Lipinski definition) is 4. The van der Waals surface area contributed by atoms with Crippen molar-refractivity contribution in [2.45, 2.75) is 36.9 Å². The van der Waals surface area contributed by atoms with E-state index in [0.29, 0.717) is 19.5 Å². The molecule has 0 aliphatic rings. The van der Waals surface area contributed by atoms with Crippen LogP contribution in [0.4, 0.5) is 13.2 Å². The van der Waals surface area contributed by atoms with Crippen LogP contribution in [0.3, 0.4) is 0 Å². The number of hydrogen-bond donors (Lipinski definition) is 2. The van der Waals surface area contributed by atoms with Crippen LogP contribution in [0.5, 0.6) is 0 Å². The first-order chi connectivity index (χ1) is 9.24. The molecule has 6 nitrogen and oxygen atoms in total. The molecule has 0 spiro atoms. The second kappa shape index (κ2) is 7.04.